The minimum atomic E-state index is 0.523. The summed E-state index contributed by atoms with van der Waals surface area (Å²) < 4.78 is 12.8. The standard InChI is InChI=1S/C42H24N4O2/c1-2-8-25(9-3-1)26-14-16-27(17-15-26)40-44-41(29-18-19-31-30-10-4-6-12-35(30)47-37(31)23-29)46-42(45-40)33-22-28-20-21-43-24-34(28)38-32-11-5-7-13-36(32)48-39(33)38/h1-24H. The third-order valence-electron chi connectivity index (χ3n) is 9.03. The second-order valence-corrected chi connectivity index (χ2v) is 11.9. The maximum Gasteiger partial charge on any atom is 0.167 e. The maximum atomic E-state index is 6.55. The predicted molar refractivity (Wildman–Crippen MR) is 191 cm³/mol. The molecule has 10 rings (SSSR count). The number of rotatable bonds is 4. The molecule has 0 radical (unpaired) electrons. The van der Waals surface area contributed by atoms with E-state index in [0.717, 1.165) is 76.9 Å². The minimum absolute atomic E-state index is 0.523. The number of hydrogen-bond acceptors (Lipinski definition) is 6. The Morgan fingerprint density at radius 3 is 1.88 bits per heavy atom. The van der Waals surface area contributed by atoms with Gasteiger partial charge in [0.25, 0.3) is 0 Å². The molecular weight excluding hydrogens is 592 g/mol. The molecule has 6 nitrogen and oxygen atoms in total. The van der Waals surface area contributed by atoms with Crippen LogP contribution in [0.1, 0.15) is 0 Å². The zero-order valence-electron chi connectivity index (χ0n) is 25.5. The summed E-state index contributed by atoms with van der Waals surface area (Å²) in [4.78, 5) is 19.7. The monoisotopic (exact) mass is 616 g/mol. The Kier molecular flexibility index (Phi) is 5.77. The molecule has 0 bridgehead atoms. The van der Waals surface area contributed by atoms with Crippen LogP contribution in [0.3, 0.4) is 0 Å². The van der Waals surface area contributed by atoms with Gasteiger partial charge in [0, 0.05) is 50.5 Å². The first kappa shape index (κ1) is 26.5. The van der Waals surface area contributed by atoms with Crippen LogP contribution in [0, 0.1) is 0 Å². The van der Waals surface area contributed by atoms with E-state index in [0.29, 0.717) is 23.1 Å². The summed E-state index contributed by atoms with van der Waals surface area (Å²) >= 11 is 0. The number of benzene rings is 6. The maximum absolute atomic E-state index is 6.55. The molecular formula is C42H24N4O2. The van der Waals surface area contributed by atoms with Crippen LogP contribution in [0.4, 0.5) is 0 Å². The molecule has 0 spiro atoms. The molecule has 0 atom stereocenters. The van der Waals surface area contributed by atoms with Crippen LogP contribution in [0.2, 0.25) is 0 Å². The normalized spacial score (nSPS) is 11.8. The number of para-hydroxylation sites is 2. The molecule has 0 fully saturated rings. The highest BCUT2D eigenvalue weighted by Crippen LogP contribution is 2.41. The van der Waals surface area contributed by atoms with Crippen LogP contribution in [0.5, 0.6) is 0 Å². The van der Waals surface area contributed by atoms with Gasteiger partial charge in [0.15, 0.2) is 17.5 Å². The van der Waals surface area contributed by atoms with Gasteiger partial charge in [-0.05, 0) is 52.9 Å². The van der Waals surface area contributed by atoms with E-state index in [4.69, 9.17) is 23.8 Å². The van der Waals surface area contributed by atoms with E-state index in [9.17, 15) is 0 Å². The van der Waals surface area contributed by atoms with Crippen molar-refractivity contribution in [3.05, 3.63) is 146 Å². The Morgan fingerprint density at radius 1 is 0.417 bits per heavy atom. The molecule has 0 N–H and O–H groups in total. The Labute approximate surface area is 274 Å². The van der Waals surface area contributed by atoms with Gasteiger partial charge in [-0.25, -0.2) is 15.0 Å². The Hall–Kier alpha value is -6.66. The van der Waals surface area contributed by atoms with Gasteiger partial charge in [-0.1, -0.05) is 97.1 Å². The van der Waals surface area contributed by atoms with Crippen LogP contribution in [-0.2, 0) is 0 Å². The van der Waals surface area contributed by atoms with Crippen LogP contribution < -0.4 is 0 Å². The summed E-state index contributed by atoms with van der Waals surface area (Å²) in [6.07, 6.45) is 3.70. The van der Waals surface area contributed by atoms with E-state index in [1.54, 1.807) is 6.20 Å². The summed E-state index contributed by atoms with van der Waals surface area (Å²) in [5, 5.41) is 6.18. The third-order valence-corrected chi connectivity index (χ3v) is 9.03. The van der Waals surface area contributed by atoms with Crippen LogP contribution in [-0.4, -0.2) is 19.9 Å². The topological polar surface area (TPSA) is 77.8 Å². The number of hydrogen-bond donors (Lipinski definition) is 0. The quantitative estimate of drug-likeness (QED) is 0.196. The fraction of sp³-hybridized carbons (Fsp3) is 0. The van der Waals surface area contributed by atoms with E-state index < -0.39 is 0 Å². The highest BCUT2D eigenvalue weighted by atomic mass is 16.3. The van der Waals surface area contributed by atoms with Crippen LogP contribution in [0.15, 0.2) is 155 Å². The molecule has 6 heteroatoms. The first-order valence-electron chi connectivity index (χ1n) is 15.8. The highest BCUT2D eigenvalue weighted by molar-refractivity contribution is 6.22. The van der Waals surface area contributed by atoms with Crippen LogP contribution in [0.25, 0.3) is 99.9 Å². The molecule has 224 valence electrons. The molecule has 0 unspecified atom stereocenters. The first-order chi connectivity index (χ1) is 23.8. The van der Waals surface area contributed by atoms with Gasteiger partial charge in [-0.3, -0.25) is 4.98 Å². The van der Waals surface area contributed by atoms with Crippen molar-refractivity contribution >= 4 is 54.6 Å². The first-order valence-corrected chi connectivity index (χ1v) is 15.8. The zero-order valence-corrected chi connectivity index (χ0v) is 25.5. The number of pyridine rings is 1. The molecule has 0 saturated heterocycles. The van der Waals surface area contributed by atoms with Crippen molar-refractivity contribution in [2.45, 2.75) is 0 Å². The Morgan fingerprint density at radius 2 is 1.04 bits per heavy atom. The molecule has 4 heterocycles. The second-order valence-electron chi connectivity index (χ2n) is 11.9. The number of furan rings is 2. The summed E-state index contributed by atoms with van der Waals surface area (Å²) in [5.74, 6) is 1.64. The van der Waals surface area contributed by atoms with Crippen molar-refractivity contribution in [2.24, 2.45) is 0 Å². The molecule has 6 aromatic carbocycles. The van der Waals surface area contributed by atoms with Gasteiger partial charge in [-0.15, -0.1) is 0 Å². The molecule has 0 amide bonds. The smallest absolute Gasteiger partial charge is 0.167 e. The van der Waals surface area contributed by atoms with Gasteiger partial charge < -0.3 is 8.83 Å². The van der Waals surface area contributed by atoms with Gasteiger partial charge in [0.1, 0.15) is 22.3 Å². The largest absolute Gasteiger partial charge is 0.456 e. The minimum Gasteiger partial charge on any atom is -0.456 e. The van der Waals surface area contributed by atoms with Gasteiger partial charge in [0.05, 0.1) is 5.56 Å². The third kappa shape index (κ3) is 4.20. The van der Waals surface area contributed by atoms with E-state index in [1.807, 2.05) is 72.9 Å². The van der Waals surface area contributed by atoms with E-state index in [1.165, 1.54) is 0 Å². The van der Waals surface area contributed by atoms with Gasteiger partial charge in [-0.2, -0.15) is 0 Å². The lowest BCUT2D eigenvalue weighted by Gasteiger charge is -2.10. The number of fused-ring (bicyclic) bond motifs is 8. The molecule has 0 aliphatic carbocycles. The Balaban J connectivity index is 1.22. The lowest BCUT2D eigenvalue weighted by atomic mass is 10.0. The molecule has 0 aliphatic rings. The highest BCUT2D eigenvalue weighted by Gasteiger charge is 2.21. The number of nitrogens with zero attached hydrogens (tertiary/aromatic N) is 4. The molecule has 4 aromatic heterocycles. The van der Waals surface area contributed by atoms with E-state index >= 15 is 0 Å². The number of aromatic nitrogens is 4. The summed E-state index contributed by atoms with van der Waals surface area (Å²) in [6.45, 7) is 0. The predicted octanol–water partition coefficient (Wildman–Crippen LogP) is 10.9. The molecule has 0 saturated carbocycles. The lowest BCUT2D eigenvalue weighted by molar-refractivity contribution is 0.668. The zero-order chi connectivity index (χ0) is 31.6. The average molecular weight is 617 g/mol. The van der Waals surface area contributed by atoms with Crippen molar-refractivity contribution < 1.29 is 8.83 Å². The molecule has 0 aliphatic heterocycles. The summed E-state index contributed by atoms with van der Waals surface area (Å²) in [6, 6.07) is 45.1. The van der Waals surface area contributed by atoms with Crippen LogP contribution >= 0.6 is 0 Å². The van der Waals surface area contributed by atoms with Crippen molar-refractivity contribution in [3.63, 3.8) is 0 Å². The van der Waals surface area contributed by atoms with E-state index in [2.05, 4.69) is 71.7 Å². The SMILES string of the molecule is c1ccc(-c2ccc(-c3nc(-c4ccc5c(c4)oc4ccccc45)nc(-c4cc5ccncc5c5c4oc4ccccc45)n3)cc2)cc1. The summed E-state index contributed by atoms with van der Waals surface area (Å²) in [7, 11) is 0. The van der Waals surface area contributed by atoms with Gasteiger partial charge >= 0.3 is 0 Å². The van der Waals surface area contributed by atoms with E-state index in [-0.39, 0.29) is 0 Å². The van der Waals surface area contributed by atoms with Crippen molar-refractivity contribution in [3.8, 4) is 45.3 Å². The summed E-state index contributed by atoms with van der Waals surface area (Å²) in [5.41, 5.74) is 7.91. The van der Waals surface area contributed by atoms with Gasteiger partial charge in [0.2, 0.25) is 0 Å². The lowest BCUT2D eigenvalue weighted by Crippen LogP contribution is -2.00. The second kappa shape index (κ2) is 10.4. The van der Waals surface area contributed by atoms with Crippen molar-refractivity contribution in [2.75, 3.05) is 0 Å². The van der Waals surface area contributed by atoms with Crippen molar-refractivity contribution in [1.82, 2.24) is 19.9 Å². The Bertz CT molecular complexity index is 2840. The van der Waals surface area contributed by atoms with Crippen molar-refractivity contribution in [1.29, 1.82) is 0 Å². The fourth-order valence-electron chi connectivity index (χ4n) is 6.69. The molecule has 48 heavy (non-hydrogen) atoms. The molecule has 10 aromatic rings. The fourth-order valence-corrected chi connectivity index (χ4v) is 6.69. The average Bonchev–Trinajstić information content (AvgIpc) is 3.73.